The van der Waals surface area contributed by atoms with E-state index in [1.54, 1.807) is 11.8 Å². The Balaban J connectivity index is 2.05. The number of amides is 2. The fraction of sp³-hybridized carbons (Fsp3) is 0.611. The maximum atomic E-state index is 12.6. The number of rotatable bonds is 4. The SMILES string of the molecule is Cc1cccc([C@H](C)NC(=O)N2CCOC[C@H]2C[C@H](C)O)c1C. The van der Waals surface area contributed by atoms with Crippen molar-refractivity contribution < 1.29 is 14.6 Å². The van der Waals surface area contributed by atoms with Gasteiger partial charge in [0.15, 0.2) is 0 Å². The monoisotopic (exact) mass is 320 g/mol. The lowest BCUT2D eigenvalue weighted by atomic mass is 9.98. The molecule has 1 aromatic rings. The Kier molecular flexibility index (Phi) is 6.02. The van der Waals surface area contributed by atoms with Gasteiger partial charge in [-0.15, -0.1) is 0 Å². The van der Waals surface area contributed by atoms with Crippen molar-refractivity contribution in [3.63, 3.8) is 0 Å². The number of morpholine rings is 1. The van der Waals surface area contributed by atoms with Gasteiger partial charge in [-0.1, -0.05) is 18.2 Å². The maximum absolute atomic E-state index is 12.6. The molecule has 1 aliphatic rings. The highest BCUT2D eigenvalue weighted by atomic mass is 16.5. The molecule has 0 aliphatic carbocycles. The molecule has 2 N–H and O–H groups in total. The molecule has 1 saturated heterocycles. The topological polar surface area (TPSA) is 61.8 Å². The Morgan fingerprint density at radius 1 is 1.43 bits per heavy atom. The number of aliphatic hydroxyl groups excluding tert-OH is 1. The summed E-state index contributed by atoms with van der Waals surface area (Å²) in [6.45, 7) is 9.49. The van der Waals surface area contributed by atoms with Crippen LogP contribution in [0.3, 0.4) is 0 Å². The second kappa shape index (κ2) is 7.79. The number of benzene rings is 1. The van der Waals surface area contributed by atoms with Crippen molar-refractivity contribution >= 4 is 6.03 Å². The van der Waals surface area contributed by atoms with Crippen LogP contribution in [-0.2, 0) is 4.74 Å². The molecule has 23 heavy (non-hydrogen) atoms. The van der Waals surface area contributed by atoms with E-state index in [1.165, 1.54) is 11.1 Å². The predicted octanol–water partition coefficient (Wildman–Crippen LogP) is 2.55. The molecule has 1 aliphatic heterocycles. The number of nitrogens with zero attached hydrogens (tertiary/aromatic N) is 1. The molecule has 0 bridgehead atoms. The lowest BCUT2D eigenvalue weighted by Crippen LogP contribution is -2.53. The van der Waals surface area contributed by atoms with Crippen LogP contribution in [0.25, 0.3) is 0 Å². The third-order valence-corrected chi connectivity index (χ3v) is 4.55. The number of ether oxygens (including phenoxy) is 1. The van der Waals surface area contributed by atoms with Crippen LogP contribution in [0, 0.1) is 13.8 Å². The van der Waals surface area contributed by atoms with Crippen LogP contribution in [0.2, 0.25) is 0 Å². The Labute approximate surface area is 138 Å². The van der Waals surface area contributed by atoms with Gasteiger partial charge in [0.05, 0.1) is 31.4 Å². The molecule has 128 valence electrons. The molecule has 0 aromatic heterocycles. The first-order valence-electron chi connectivity index (χ1n) is 8.29. The normalized spacial score (nSPS) is 20.9. The first-order valence-corrected chi connectivity index (χ1v) is 8.29. The lowest BCUT2D eigenvalue weighted by molar-refractivity contribution is -0.00474. The van der Waals surface area contributed by atoms with Crippen LogP contribution in [0.15, 0.2) is 18.2 Å². The smallest absolute Gasteiger partial charge is 0.318 e. The molecule has 1 heterocycles. The average Bonchev–Trinajstić information content (AvgIpc) is 2.49. The molecule has 0 saturated carbocycles. The van der Waals surface area contributed by atoms with Crippen LogP contribution in [-0.4, -0.2) is 47.9 Å². The Bertz CT molecular complexity index is 545. The summed E-state index contributed by atoms with van der Waals surface area (Å²) in [5.41, 5.74) is 3.57. The van der Waals surface area contributed by atoms with Gasteiger partial charge in [0.25, 0.3) is 0 Å². The molecule has 2 rings (SSSR count). The number of aryl methyl sites for hydroxylation is 1. The zero-order valence-electron chi connectivity index (χ0n) is 14.5. The van der Waals surface area contributed by atoms with Gasteiger partial charge in [-0.3, -0.25) is 0 Å². The summed E-state index contributed by atoms with van der Waals surface area (Å²) in [4.78, 5) is 14.4. The third-order valence-electron chi connectivity index (χ3n) is 4.55. The van der Waals surface area contributed by atoms with Gasteiger partial charge in [0, 0.05) is 6.54 Å². The fourth-order valence-electron chi connectivity index (χ4n) is 3.10. The van der Waals surface area contributed by atoms with Crippen molar-refractivity contribution in [3.05, 3.63) is 34.9 Å². The third kappa shape index (κ3) is 4.45. The number of urea groups is 1. The molecule has 5 heteroatoms. The number of hydrogen-bond acceptors (Lipinski definition) is 3. The highest BCUT2D eigenvalue weighted by Crippen LogP contribution is 2.21. The minimum Gasteiger partial charge on any atom is -0.393 e. The van der Waals surface area contributed by atoms with E-state index in [2.05, 4.69) is 31.3 Å². The van der Waals surface area contributed by atoms with Crippen molar-refractivity contribution in [2.24, 2.45) is 0 Å². The fourth-order valence-corrected chi connectivity index (χ4v) is 3.10. The van der Waals surface area contributed by atoms with Crippen LogP contribution < -0.4 is 5.32 Å². The van der Waals surface area contributed by atoms with Crippen molar-refractivity contribution in [2.75, 3.05) is 19.8 Å². The molecule has 1 fully saturated rings. The summed E-state index contributed by atoms with van der Waals surface area (Å²) >= 11 is 0. The minimum atomic E-state index is -0.451. The molecule has 0 unspecified atom stereocenters. The second-order valence-electron chi connectivity index (χ2n) is 6.47. The summed E-state index contributed by atoms with van der Waals surface area (Å²) < 4.78 is 5.46. The number of nitrogens with one attached hydrogen (secondary N) is 1. The van der Waals surface area contributed by atoms with Crippen LogP contribution in [0.4, 0.5) is 4.79 Å². The first kappa shape index (κ1) is 17.8. The van der Waals surface area contributed by atoms with E-state index in [9.17, 15) is 9.90 Å². The second-order valence-corrected chi connectivity index (χ2v) is 6.47. The quantitative estimate of drug-likeness (QED) is 0.896. The van der Waals surface area contributed by atoms with Gasteiger partial charge in [-0.2, -0.15) is 0 Å². The van der Waals surface area contributed by atoms with E-state index in [-0.39, 0.29) is 18.1 Å². The summed E-state index contributed by atoms with van der Waals surface area (Å²) in [7, 11) is 0. The lowest BCUT2D eigenvalue weighted by Gasteiger charge is -2.37. The number of carbonyl (C=O) groups is 1. The number of aliphatic hydroxyl groups is 1. The summed E-state index contributed by atoms with van der Waals surface area (Å²) in [5, 5.41) is 12.7. The molecule has 0 radical (unpaired) electrons. The zero-order chi connectivity index (χ0) is 17.0. The first-order chi connectivity index (χ1) is 10.9. The summed E-state index contributed by atoms with van der Waals surface area (Å²) in [5.74, 6) is 0. The Morgan fingerprint density at radius 3 is 2.87 bits per heavy atom. The highest BCUT2D eigenvalue weighted by Gasteiger charge is 2.29. The Morgan fingerprint density at radius 2 is 2.17 bits per heavy atom. The predicted molar refractivity (Wildman–Crippen MR) is 90.5 cm³/mol. The number of hydrogen-bond donors (Lipinski definition) is 2. The van der Waals surface area contributed by atoms with Crippen LogP contribution in [0.1, 0.15) is 43.0 Å². The molecular weight excluding hydrogens is 292 g/mol. The van der Waals surface area contributed by atoms with Gasteiger partial charge in [0.2, 0.25) is 0 Å². The molecular formula is C18H28N2O3. The molecule has 5 nitrogen and oxygen atoms in total. The van der Waals surface area contributed by atoms with Crippen molar-refractivity contribution in [1.82, 2.24) is 10.2 Å². The van der Waals surface area contributed by atoms with Crippen molar-refractivity contribution in [2.45, 2.75) is 52.3 Å². The molecule has 1 aromatic carbocycles. The highest BCUT2D eigenvalue weighted by molar-refractivity contribution is 5.75. The maximum Gasteiger partial charge on any atom is 0.318 e. The van der Waals surface area contributed by atoms with Gasteiger partial charge in [-0.25, -0.2) is 4.79 Å². The van der Waals surface area contributed by atoms with Crippen molar-refractivity contribution in [1.29, 1.82) is 0 Å². The molecule has 0 spiro atoms. The largest absolute Gasteiger partial charge is 0.393 e. The van der Waals surface area contributed by atoms with Crippen LogP contribution in [0.5, 0.6) is 0 Å². The van der Waals surface area contributed by atoms with Crippen LogP contribution >= 0.6 is 0 Å². The van der Waals surface area contributed by atoms with E-state index in [0.717, 1.165) is 5.56 Å². The van der Waals surface area contributed by atoms with E-state index < -0.39 is 6.10 Å². The van der Waals surface area contributed by atoms with Crippen molar-refractivity contribution in [3.8, 4) is 0 Å². The van der Waals surface area contributed by atoms with E-state index in [4.69, 9.17) is 4.74 Å². The van der Waals surface area contributed by atoms with Gasteiger partial charge in [-0.05, 0) is 50.8 Å². The summed E-state index contributed by atoms with van der Waals surface area (Å²) in [6.07, 6.45) is 0.0825. The van der Waals surface area contributed by atoms with Gasteiger partial charge >= 0.3 is 6.03 Å². The standard InChI is InChI=1S/C18H28N2O3/c1-12-6-5-7-17(14(12)3)15(4)19-18(22)20-8-9-23-11-16(20)10-13(2)21/h5-7,13,15-16,21H,8-11H2,1-4H3,(H,19,22)/t13-,15-,16+/m0/s1. The zero-order valence-corrected chi connectivity index (χ0v) is 14.5. The van der Waals surface area contributed by atoms with Gasteiger partial charge < -0.3 is 20.1 Å². The Hall–Kier alpha value is -1.59. The average molecular weight is 320 g/mol. The van der Waals surface area contributed by atoms with Gasteiger partial charge in [0.1, 0.15) is 0 Å². The minimum absolute atomic E-state index is 0.0579. The van der Waals surface area contributed by atoms with E-state index in [0.29, 0.717) is 26.2 Å². The summed E-state index contributed by atoms with van der Waals surface area (Å²) in [6, 6.07) is 5.93. The number of carbonyl (C=O) groups excluding carboxylic acids is 1. The molecule has 2 amide bonds. The van der Waals surface area contributed by atoms with E-state index >= 15 is 0 Å². The molecule has 3 atom stereocenters. The van der Waals surface area contributed by atoms with E-state index in [1.807, 2.05) is 13.0 Å².